The van der Waals surface area contributed by atoms with Crippen molar-refractivity contribution < 1.29 is 14.8 Å². The van der Waals surface area contributed by atoms with E-state index >= 15 is 0 Å². The molecule has 0 saturated heterocycles. The Morgan fingerprint density at radius 2 is 1.52 bits per heavy atom. The van der Waals surface area contributed by atoms with Crippen LogP contribution >= 0.6 is 0 Å². The van der Waals surface area contributed by atoms with Crippen LogP contribution in [0, 0.1) is 10.1 Å². The largest absolute Gasteiger partial charge is 0.507 e. The summed E-state index contributed by atoms with van der Waals surface area (Å²) < 4.78 is 0. The minimum absolute atomic E-state index is 0.0234. The molecule has 1 atom stereocenters. The summed E-state index contributed by atoms with van der Waals surface area (Å²) in [6, 6.07) is 9.29. The van der Waals surface area contributed by atoms with E-state index in [1.165, 1.54) is 18.2 Å². The number of phenols is 1. The number of aromatic hydroxyl groups is 1. The molecule has 0 aliphatic heterocycles. The zero-order valence-corrected chi connectivity index (χ0v) is 18.2. The van der Waals surface area contributed by atoms with E-state index < -0.39 is 16.9 Å². The summed E-state index contributed by atoms with van der Waals surface area (Å²) in [5.41, 5.74) is 1.65. The van der Waals surface area contributed by atoms with Crippen LogP contribution in [-0.4, -0.2) is 15.9 Å². The Hall–Kier alpha value is -2.89. The van der Waals surface area contributed by atoms with Crippen molar-refractivity contribution in [1.29, 1.82) is 0 Å². The van der Waals surface area contributed by atoms with Crippen molar-refractivity contribution in [3.63, 3.8) is 0 Å². The molecule has 1 amide bonds. The van der Waals surface area contributed by atoms with Crippen LogP contribution in [0.5, 0.6) is 5.75 Å². The molecular formula is C23H30N2O4. The van der Waals surface area contributed by atoms with E-state index in [9.17, 15) is 20.0 Å². The van der Waals surface area contributed by atoms with Crippen LogP contribution in [0.25, 0.3) is 0 Å². The standard InChI is InChI=1S/C23H30N2O4/c1-14(24-21(27)16-10-8-9-11-19(16)25(28)29)15-12-17(22(2,3)4)20(26)18(13-15)23(5,6)7/h8-14,26H,1-7H3,(H,24,27). The molecule has 2 rings (SSSR count). The Kier molecular flexibility index (Phi) is 6.07. The van der Waals surface area contributed by atoms with Crippen LogP contribution in [0.1, 0.15) is 81.6 Å². The highest BCUT2D eigenvalue weighted by molar-refractivity contribution is 5.98. The van der Waals surface area contributed by atoms with E-state index in [1.807, 2.05) is 60.6 Å². The van der Waals surface area contributed by atoms with Gasteiger partial charge in [0.25, 0.3) is 11.6 Å². The average molecular weight is 399 g/mol. The topological polar surface area (TPSA) is 92.5 Å². The molecule has 0 aliphatic carbocycles. The van der Waals surface area contributed by atoms with Crippen LogP contribution in [-0.2, 0) is 10.8 Å². The van der Waals surface area contributed by atoms with Crippen molar-refractivity contribution in [2.24, 2.45) is 0 Å². The van der Waals surface area contributed by atoms with E-state index in [4.69, 9.17) is 0 Å². The number of para-hydroxylation sites is 1. The fraction of sp³-hybridized carbons (Fsp3) is 0.435. The van der Waals surface area contributed by atoms with E-state index in [2.05, 4.69) is 5.32 Å². The highest BCUT2D eigenvalue weighted by Crippen LogP contribution is 2.40. The molecule has 156 valence electrons. The number of amides is 1. The Morgan fingerprint density at radius 3 is 1.97 bits per heavy atom. The van der Waals surface area contributed by atoms with Gasteiger partial charge >= 0.3 is 0 Å². The van der Waals surface area contributed by atoms with Crippen molar-refractivity contribution in [3.05, 3.63) is 68.8 Å². The van der Waals surface area contributed by atoms with Gasteiger partial charge in [0.05, 0.1) is 11.0 Å². The van der Waals surface area contributed by atoms with Gasteiger partial charge in [-0.25, -0.2) is 0 Å². The van der Waals surface area contributed by atoms with Crippen molar-refractivity contribution in [3.8, 4) is 5.75 Å². The summed E-state index contributed by atoms with van der Waals surface area (Å²) in [5.74, 6) is -0.238. The normalized spacial score (nSPS) is 13.1. The number of nitrogens with one attached hydrogen (secondary N) is 1. The maximum atomic E-state index is 12.7. The van der Waals surface area contributed by atoms with Gasteiger partial charge in [0.1, 0.15) is 11.3 Å². The first-order valence-electron chi connectivity index (χ1n) is 9.65. The third-order valence-corrected chi connectivity index (χ3v) is 4.94. The summed E-state index contributed by atoms with van der Waals surface area (Å²) >= 11 is 0. The zero-order valence-electron chi connectivity index (χ0n) is 18.2. The van der Waals surface area contributed by atoms with Gasteiger partial charge in [-0.3, -0.25) is 14.9 Å². The van der Waals surface area contributed by atoms with Gasteiger partial charge in [-0.1, -0.05) is 53.7 Å². The Labute approximate surface area is 172 Å². The number of phenolic OH excluding ortho intramolecular Hbond substituents is 1. The molecule has 0 spiro atoms. The molecule has 1 unspecified atom stereocenters. The second-order valence-corrected chi connectivity index (χ2v) is 9.43. The maximum absolute atomic E-state index is 12.7. The summed E-state index contributed by atoms with van der Waals surface area (Å²) in [6.45, 7) is 14.0. The maximum Gasteiger partial charge on any atom is 0.282 e. The molecule has 2 N–H and O–H groups in total. The summed E-state index contributed by atoms with van der Waals surface area (Å²) in [5, 5.41) is 24.9. The molecule has 0 aliphatic rings. The molecule has 0 fully saturated rings. The third kappa shape index (κ3) is 4.94. The number of hydrogen-bond acceptors (Lipinski definition) is 4. The second-order valence-electron chi connectivity index (χ2n) is 9.43. The molecule has 0 radical (unpaired) electrons. The van der Waals surface area contributed by atoms with Gasteiger partial charge in [-0.05, 0) is 52.6 Å². The molecule has 0 aromatic heterocycles. The van der Waals surface area contributed by atoms with Gasteiger partial charge in [0, 0.05) is 6.07 Å². The number of carbonyl (C=O) groups is 1. The number of hydrogen-bond donors (Lipinski definition) is 2. The lowest BCUT2D eigenvalue weighted by Crippen LogP contribution is -2.28. The molecule has 6 heteroatoms. The quantitative estimate of drug-likeness (QED) is 0.534. The third-order valence-electron chi connectivity index (χ3n) is 4.94. The van der Waals surface area contributed by atoms with Crippen molar-refractivity contribution >= 4 is 11.6 Å². The smallest absolute Gasteiger partial charge is 0.282 e. The number of nitro benzene ring substituents is 1. The highest BCUT2D eigenvalue weighted by Gasteiger charge is 2.28. The van der Waals surface area contributed by atoms with E-state index in [0.717, 1.165) is 16.7 Å². The van der Waals surface area contributed by atoms with Gasteiger partial charge < -0.3 is 10.4 Å². The first-order chi connectivity index (χ1) is 13.2. The predicted molar refractivity (Wildman–Crippen MR) is 114 cm³/mol. The minimum atomic E-state index is -0.560. The summed E-state index contributed by atoms with van der Waals surface area (Å²) in [7, 11) is 0. The van der Waals surface area contributed by atoms with Crippen molar-refractivity contribution in [2.75, 3.05) is 0 Å². The molecular weight excluding hydrogens is 368 g/mol. The van der Waals surface area contributed by atoms with Crippen molar-refractivity contribution in [1.82, 2.24) is 5.32 Å². The van der Waals surface area contributed by atoms with E-state index in [1.54, 1.807) is 6.07 Å². The fourth-order valence-corrected chi connectivity index (χ4v) is 3.23. The van der Waals surface area contributed by atoms with Gasteiger partial charge in [-0.15, -0.1) is 0 Å². The Morgan fingerprint density at radius 1 is 1.03 bits per heavy atom. The molecule has 0 heterocycles. The van der Waals surface area contributed by atoms with Gasteiger partial charge in [-0.2, -0.15) is 0 Å². The highest BCUT2D eigenvalue weighted by atomic mass is 16.6. The molecule has 2 aromatic carbocycles. The summed E-state index contributed by atoms with van der Waals surface area (Å²) in [4.78, 5) is 23.4. The predicted octanol–water partition coefficient (Wildman–Crippen LogP) is 5.39. The summed E-state index contributed by atoms with van der Waals surface area (Å²) in [6.07, 6.45) is 0. The first-order valence-corrected chi connectivity index (χ1v) is 9.65. The Balaban J connectivity index is 2.47. The molecule has 0 saturated carbocycles. The lowest BCUT2D eigenvalue weighted by atomic mass is 9.78. The van der Waals surface area contributed by atoms with Crippen LogP contribution in [0.3, 0.4) is 0 Å². The Bertz CT molecular complexity index is 902. The van der Waals surface area contributed by atoms with Crippen LogP contribution in [0.2, 0.25) is 0 Å². The average Bonchev–Trinajstić information content (AvgIpc) is 2.59. The lowest BCUT2D eigenvalue weighted by Gasteiger charge is -2.29. The number of rotatable bonds is 4. The molecule has 2 aromatic rings. The number of nitro groups is 1. The van der Waals surface area contributed by atoms with E-state index in [0.29, 0.717) is 0 Å². The van der Waals surface area contributed by atoms with E-state index in [-0.39, 0.29) is 27.8 Å². The number of benzene rings is 2. The minimum Gasteiger partial charge on any atom is -0.507 e. The van der Waals surface area contributed by atoms with Crippen LogP contribution in [0.4, 0.5) is 5.69 Å². The first kappa shape index (κ1) is 22.4. The van der Waals surface area contributed by atoms with Crippen molar-refractivity contribution in [2.45, 2.75) is 65.3 Å². The zero-order chi connectivity index (χ0) is 22.1. The molecule has 29 heavy (non-hydrogen) atoms. The monoisotopic (exact) mass is 398 g/mol. The fourth-order valence-electron chi connectivity index (χ4n) is 3.23. The van der Waals surface area contributed by atoms with Gasteiger partial charge in [0.15, 0.2) is 0 Å². The molecule has 0 bridgehead atoms. The number of carbonyl (C=O) groups excluding carboxylic acids is 1. The van der Waals surface area contributed by atoms with Crippen LogP contribution in [0.15, 0.2) is 36.4 Å². The second kappa shape index (κ2) is 7.85. The molecule has 6 nitrogen and oxygen atoms in total. The number of nitrogens with zero attached hydrogens (tertiary/aromatic N) is 1. The van der Waals surface area contributed by atoms with Gasteiger partial charge in [0.2, 0.25) is 0 Å². The SMILES string of the molecule is CC(NC(=O)c1ccccc1[N+](=O)[O-])c1cc(C(C)(C)C)c(O)c(C(C)(C)C)c1. The van der Waals surface area contributed by atoms with Crippen LogP contribution < -0.4 is 5.32 Å². The lowest BCUT2D eigenvalue weighted by molar-refractivity contribution is -0.385.